The molecule has 0 heterocycles. The molecule has 7 nitrogen and oxygen atoms in total. The van der Waals surface area contributed by atoms with E-state index < -0.39 is 6.09 Å². The molecular weight excluding hydrogens is 308 g/mol. The monoisotopic (exact) mass is 328 g/mol. The number of carbonyl (C=O) groups is 1. The Kier molecular flexibility index (Phi) is 6.01. The number of carbonyl (C=O) groups excluding carboxylic acids is 1. The standard InChI is InChI=1S/C17H20N4O3/c1-23-15-9-7-13(8-10-15)20-16(18)19-11-12-3-5-14(6-4-12)21-17(22)24-2/h3-10H,11H2,1-2H3,(H,21,22)(H3,18,19,20). The number of anilines is 2. The van der Waals surface area contributed by atoms with Gasteiger partial charge in [0.25, 0.3) is 0 Å². The molecule has 0 saturated heterocycles. The summed E-state index contributed by atoms with van der Waals surface area (Å²) in [6, 6.07) is 14.6. The zero-order valence-corrected chi connectivity index (χ0v) is 13.6. The van der Waals surface area contributed by atoms with Crippen LogP contribution >= 0.6 is 0 Å². The molecule has 126 valence electrons. The zero-order valence-electron chi connectivity index (χ0n) is 13.6. The second-order valence-corrected chi connectivity index (χ2v) is 4.87. The maximum absolute atomic E-state index is 11.1. The normalized spacial score (nSPS) is 10.8. The van der Waals surface area contributed by atoms with Crippen molar-refractivity contribution in [1.29, 1.82) is 0 Å². The maximum atomic E-state index is 11.1. The van der Waals surface area contributed by atoms with E-state index in [0.717, 1.165) is 17.0 Å². The van der Waals surface area contributed by atoms with Gasteiger partial charge in [-0.1, -0.05) is 12.1 Å². The lowest BCUT2D eigenvalue weighted by molar-refractivity contribution is 0.187. The highest BCUT2D eigenvalue weighted by Crippen LogP contribution is 2.15. The lowest BCUT2D eigenvalue weighted by Crippen LogP contribution is -2.22. The Morgan fingerprint density at radius 3 is 2.17 bits per heavy atom. The van der Waals surface area contributed by atoms with Crippen LogP contribution in [-0.4, -0.2) is 26.3 Å². The predicted molar refractivity (Wildman–Crippen MR) is 94.4 cm³/mol. The number of nitrogens with zero attached hydrogens (tertiary/aromatic N) is 1. The molecule has 2 aromatic rings. The second kappa shape index (κ2) is 8.42. The van der Waals surface area contributed by atoms with Gasteiger partial charge in [-0.25, -0.2) is 9.79 Å². The Labute approximate surface area is 140 Å². The summed E-state index contributed by atoms with van der Waals surface area (Å²) >= 11 is 0. The van der Waals surface area contributed by atoms with E-state index in [1.165, 1.54) is 7.11 Å². The molecule has 2 rings (SSSR count). The van der Waals surface area contributed by atoms with Crippen LogP contribution in [0.3, 0.4) is 0 Å². The summed E-state index contributed by atoms with van der Waals surface area (Å²) in [6.07, 6.45) is -0.506. The van der Waals surface area contributed by atoms with Crippen LogP contribution in [0.15, 0.2) is 53.5 Å². The van der Waals surface area contributed by atoms with Crippen molar-refractivity contribution < 1.29 is 14.3 Å². The fourth-order valence-corrected chi connectivity index (χ4v) is 1.90. The lowest BCUT2D eigenvalue weighted by atomic mass is 10.2. The number of rotatable bonds is 5. The smallest absolute Gasteiger partial charge is 0.411 e. The molecular formula is C17H20N4O3. The highest BCUT2D eigenvalue weighted by molar-refractivity contribution is 5.92. The van der Waals surface area contributed by atoms with Crippen LogP contribution in [0.4, 0.5) is 16.2 Å². The van der Waals surface area contributed by atoms with Crippen molar-refractivity contribution in [2.24, 2.45) is 10.7 Å². The number of guanidine groups is 1. The van der Waals surface area contributed by atoms with Crippen molar-refractivity contribution in [1.82, 2.24) is 0 Å². The van der Waals surface area contributed by atoms with Crippen LogP contribution < -0.4 is 21.1 Å². The number of amides is 1. The highest BCUT2D eigenvalue weighted by atomic mass is 16.5. The number of benzene rings is 2. The third-order valence-corrected chi connectivity index (χ3v) is 3.18. The van der Waals surface area contributed by atoms with E-state index in [1.54, 1.807) is 19.2 Å². The number of aliphatic imine (C=N–C) groups is 1. The van der Waals surface area contributed by atoms with E-state index in [9.17, 15) is 4.79 Å². The molecule has 0 aliphatic heterocycles. The van der Waals surface area contributed by atoms with Crippen LogP contribution in [0.1, 0.15) is 5.56 Å². The number of methoxy groups -OCH3 is 2. The summed E-state index contributed by atoms with van der Waals surface area (Å²) < 4.78 is 9.63. The van der Waals surface area contributed by atoms with Gasteiger partial charge in [0.05, 0.1) is 20.8 Å². The summed E-state index contributed by atoms with van der Waals surface area (Å²) in [6.45, 7) is 0.424. The second-order valence-electron chi connectivity index (χ2n) is 4.87. The molecule has 0 radical (unpaired) electrons. The van der Waals surface area contributed by atoms with Crippen LogP contribution in [0.25, 0.3) is 0 Å². The maximum Gasteiger partial charge on any atom is 0.411 e. The average Bonchev–Trinajstić information content (AvgIpc) is 2.61. The molecule has 0 saturated carbocycles. The fourth-order valence-electron chi connectivity index (χ4n) is 1.90. The quantitative estimate of drug-likeness (QED) is 0.579. The summed E-state index contributed by atoms with van der Waals surface area (Å²) in [7, 11) is 2.93. The molecule has 1 amide bonds. The van der Waals surface area contributed by atoms with Gasteiger partial charge >= 0.3 is 6.09 Å². The molecule has 0 bridgehead atoms. The average molecular weight is 328 g/mol. The molecule has 0 fully saturated rings. The van der Waals surface area contributed by atoms with Gasteiger partial charge in [-0.15, -0.1) is 0 Å². The Balaban J connectivity index is 1.90. The molecule has 0 aromatic heterocycles. The van der Waals surface area contributed by atoms with Crippen molar-refractivity contribution in [2.45, 2.75) is 6.54 Å². The van der Waals surface area contributed by atoms with Crippen molar-refractivity contribution in [3.63, 3.8) is 0 Å². The summed E-state index contributed by atoms with van der Waals surface area (Å²) in [5.74, 6) is 1.09. The first-order valence-corrected chi connectivity index (χ1v) is 7.25. The van der Waals surface area contributed by atoms with Gasteiger partial charge in [-0.3, -0.25) is 5.32 Å². The number of nitrogens with two attached hydrogens (primary N) is 1. The Hall–Kier alpha value is -3.22. The molecule has 0 aliphatic carbocycles. The number of ether oxygens (including phenoxy) is 2. The third-order valence-electron chi connectivity index (χ3n) is 3.18. The van der Waals surface area contributed by atoms with Crippen LogP contribution in [0, 0.1) is 0 Å². The first kappa shape index (κ1) is 17.1. The summed E-state index contributed by atoms with van der Waals surface area (Å²) in [4.78, 5) is 15.4. The van der Waals surface area contributed by atoms with Crippen molar-refractivity contribution >= 4 is 23.4 Å². The van der Waals surface area contributed by atoms with Crippen molar-refractivity contribution in [3.05, 3.63) is 54.1 Å². The van der Waals surface area contributed by atoms with Gasteiger partial charge in [-0.2, -0.15) is 0 Å². The molecule has 7 heteroatoms. The topological polar surface area (TPSA) is 98.0 Å². The van der Waals surface area contributed by atoms with E-state index in [0.29, 0.717) is 18.2 Å². The zero-order chi connectivity index (χ0) is 17.4. The first-order valence-electron chi connectivity index (χ1n) is 7.25. The van der Waals surface area contributed by atoms with Crippen molar-refractivity contribution in [3.8, 4) is 5.75 Å². The van der Waals surface area contributed by atoms with Crippen LogP contribution in [0.5, 0.6) is 5.75 Å². The molecule has 0 aliphatic rings. The van der Waals surface area contributed by atoms with Gasteiger partial charge < -0.3 is 20.5 Å². The van der Waals surface area contributed by atoms with Gasteiger partial charge in [0.1, 0.15) is 5.75 Å². The highest BCUT2D eigenvalue weighted by Gasteiger charge is 2.01. The molecule has 24 heavy (non-hydrogen) atoms. The van der Waals surface area contributed by atoms with Crippen LogP contribution in [-0.2, 0) is 11.3 Å². The van der Waals surface area contributed by atoms with Crippen molar-refractivity contribution in [2.75, 3.05) is 24.9 Å². The van der Waals surface area contributed by atoms with E-state index in [2.05, 4.69) is 20.4 Å². The SMILES string of the molecule is COC(=O)Nc1ccc(CN=C(N)Nc2ccc(OC)cc2)cc1. The molecule has 2 aromatic carbocycles. The molecule has 0 atom stereocenters. The summed E-state index contributed by atoms with van der Waals surface area (Å²) in [5.41, 5.74) is 8.32. The van der Waals surface area contributed by atoms with E-state index >= 15 is 0 Å². The molecule has 0 spiro atoms. The Bertz CT molecular complexity index is 697. The fraction of sp³-hybridized carbons (Fsp3) is 0.176. The minimum Gasteiger partial charge on any atom is -0.497 e. The van der Waals surface area contributed by atoms with E-state index in [-0.39, 0.29) is 0 Å². The number of nitrogens with one attached hydrogen (secondary N) is 2. The van der Waals surface area contributed by atoms with E-state index in [4.69, 9.17) is 10.5 Å². The minimum absolute atomic E-state index is 0.317. The predicted octanol–water partition coefficient (Wildman–Crippen LogP) is 2.80. The van der Waals surface area contributed by atoms with Gasteiger partial charge in [0, 0.05) is 11.4 Å². The van der Waals surface area contributed by atoms with Crippen LogP contribution in [0.2, 0.25) is 0 Å². The summed E-state index contributed by atoms with van der Waals surface area (Å²) in [5, 5.41) is 5.59. The van der Waals surface area contributed by atoms with Gasteiger partial charge in [-0.05, 0) is 42.0 Å². The van der Waals surface area contributed by atoms with E-state index in [1.807, 2.05) is 36.4 Å². The largest absolute Gasteiger partial charge is 0.497 e. The Morgan fingerprint density at radius 1 is 1.00 bits per heavy atom. The number of hydrogen-bond donors (Lipinski definition) is 3. The third kappa shape index (κ3) is 5.20. The lowest BCUT2D eigenvalue weighted by Gasteiger charge is -2.07. The minimum atomic E-state index is -0.506. The number of hydrogen-bond acceptors (Lipinski definition) is 4. The Morgan fingerprint density at radius 2 is 1.58 bits per heavy atom. The van der Waals surface area contributed by atoms with Gasteiger partial charge in [0.2, 0.25) is 0 Å². The molecule has 0 unspecified atom stereocenters. The van der Waals surface area contributed by atoms with Gasteiger partial charge in [0.15, 0.2) is 5.96 Å². The first-order chi connectivity index (χ1) is 11.6. The molecule has 4 N–H and O–H groups in total.